The minimum Gasteiger partial charge on any atom is -0.347 e. The summed E-state index contributed by atoms with van der Waals surface area (Å²) in [6.07, 6.45) is 1.83. The summed E-state index contributed by atoms with van der Waals surface area (Å²) in [7, 11) is -3.61. The van der Waals surface area contributed by atoms with E-state index in [4.69, 9.17) is 0 Å². The van der Waals surface area contributed by atoms with Gasteiger partial charge in [-0.3, -0.25) is 9.10 Å². The van der Waals surface area contributed by atoms with Gasteiger partial charge in [-0.2, -0.15) is 0 Å². The van der Waals surface area contributed by atoms with Crippen LogP contribution < -0.4 is 9.62 Å². The van der Waals surface area contributed by atoms with Crippen LogP contribution in [0.3, 0.4) is 0 Å². The summed E-state index contributed by atoms with van der Waals surface area (Å²) in [4.78, 5) is 12.8. The van der Waals surface area contributed by atoms with Crippen LogP contribution in [0.5, 0.6) is 0 Å². The lowest BCUT2D eigenvalue weighted by Gasteiger charge is -2.30. The van der Waals surface area contributed by atoms with Gasteiger partial charge < -0.3 is 5.32 Å². The molecule has 26 heavy (non-hydrogen) atoms. The van der Waals surface area contributed by atoms with Gasteiger partial charge in [-0.25, -0.2) is 8.42 Å². The highest BCUT2D eigenvalue weighted by Gasteiger charge is 2.30. The molecule has 0 spiro atoms. The standard InChI is InChI=1S/C20H26N2O3S/c1-5-19(17-9-7-6-8-10-17)21-20(23)16(3)22(26(4,24)25)18-13-11-15(2)12-14-18/h6-14,16,19H,5H2,1-4H3,(H,21,23). The Morgan fingerprint density at radius 1 is 1.08 bits per heavy atom. The number of hydrogen-bond acceptors (Lipinski definition) is 3. The highest BCUT2D eigenvalue weighted by atomic mass is 32.2. The first-order valence-corrected chi connectivity index (χ1v) is 10.5. The maximum absolute atomic E-state index is 12.8. The lowest BCUT2D eigenvalue weighted by Crippen LogP contribution is -2.48. The fourth-order valence-corrected chi connectivity index (χ4v) is 4.07. The van der Waals surface area contributed by atoms with Crippen molar-refractivity contribution in [2.75, 3.05) is 10.6 Å². The van der Waals surface area contributed by atoms with Crippen molar-refractivity contribution < 1.29 is 13.2 Å². The third-order valence-electron chi connectivity index (χ3n) is 4.30. The number of benzene rings is 2. The molecule has 2 unspecified atom stereocenters. The van der Waals surface area contributed by atoms with Crippen molar-refractivity contribution in [3.8, 4) is 0 Å². The fraction of sp³-hybridized carbons (Fsp3) is 0.350. The van der Waals surface area contributed by atoms with Crippen molar-refractivity contribution in [1.82, 2.24) is 5.32 Å². The van der Waals surface area contributed by atoms with Crippen LogP contribution >= 0.6 is 0 Å². The van der Waals surface area contributed by atoms with Crippen LogP contribution in [0, 0.1) is 6.92 Å². The van der Waals surface area contributed by atoms with Gasteiger partial charge in [-0.1, -0.05) is 55.0 Å². The molecule has 2 aromatic rings. The average Bonchev–Trinajstić information content (AvgIpc) is 2.60. The summed E-state index contributed by atoms with van der Waals surface area (Å²) in [5.41, 5.74) is 2.50. The van der Waals surface area contributed by atoms with E-state index in [1.54, 1.807) is 19.1 Å². The number of anilines is 1. The number of carbonyl (C=O) groups is 1. The molecule has 1 amide bonds. The van der Waals surface area contributed by atoms with E-state index in [0.29, 0.717) is 12.1 Å². The lowest BCUT2D eigenvalue weighted by atomic mass is 10.0. The van der Waals surface area contributed by atoms with Gasteiger partial charge in [0.15, 0.2) is 0 Å². The van der Waals surface area contributed by atoms with Crippen LogP contribution in [0.1, 0.15) is 37.4 Å². The minimum absolute atomic E-state index is 0.162. The van der Waals surface area contributed by atoms with Crippen molar-refractivity contribution in [3.63, 3.8) is 0 Å². The van der Waals surface area contributed by atoms with Crippen LogP contribution in [-0.4, -0.2) is 26.6 Å². The summed E-state index contributed by atoms with van der Waals surface area (Å²) < 4.78 is 25.8. The Hall–Kier alpha value is -2.34. The largest absolute Gasteiger partial charge is 0.347 e. The van der Waals surface area contributed by atoms with Crippen molar-refractivity contribution in [1.29, 1.82) is 0 Å². The third kappa shape index (κ3) is 4.85. The van der Waals surface area contributed by atoms with Crippen LogP contribution in [0.4, 0.5) is 5.69 Å². The zero-order valence-electron chi connectivity index (χ0n) is 15.6. The van der Waals surface area contributed by atoms with E-state index in [1.807, 2.05) is 56.3 Å². The number of carbonyl (C=O) groups excluding carboxylic acids is 1. The molecule has 0 aliphatic heterocycles. The van der Waals surface area contributed by atoms with Crippen LogP contribution in [-0.2, 0) is 14.8 Å². The van der Waals surface area contributed by atoms with Crippen molar-refractivity contribution in [3.05, 3.63) is 65.7 Å². The summed E-state index contributed by atoms with van der Waals surface area (Å²) in [5, 5.41) is 2.97. The Kier molecular flexibility index (Phi) is 6.42. The number of amides is 1. The van der Waals surface area contributed by atoms with Crippen LogP contribution in [0.15, 0.2) is 54.6 Å². The molecular formula is C20H26N2O3S. The van der Waals surface area contributed by atoms with Gasteiger partial charge in [-0.05, 0) is 38.0 Å². The van der Waals surface area contributed by atoms with Gasteiger partial charge >= 0.3 is 0 Å². The molecule has 0 aromatic heterocycles. The fourth-order valence-electron chi connectivity index (χ4n) is 2.90. The first-order valence-electron chi connectivity index (χ1n) is 8.65. The second-order valence-corrected chi connectivity index (χ2v) is 8.31. The number of sulfonamides is 1. The maximum Gasteiger partial charge on any atom is 0.244 e. The number of nitrogens with one attached hydrogen (secondary N) is 1. The molecule has 0 fully saturated rings. The van der Waals surface area contributed by atoms with Gasteiger partial charge in [0.2, 0.25) is 15.9 Å². The number of rotatable bonds is 7. The third-order valence-corrected chi connectivity index (χ3v) is 5.55. The van der Waals surface area contributed by atoms with Crippen LogP contribution in [0.25, 0.3) is 0 Å². The quantitative estimate of drug-likeness (QED) is 0.807. The molecule has 2 atom stereocenters. The molecule has 0 heterocycles. The Morgan fingerprint density at radius 3 is 2.15 bits per heavy atom. The molecule has 0 radical (unpaired) electrons. The molecule has 1 N–H and O–H groups in total. The van der Waals surface area contributed by atoms with Gasteiger partial charge in [0.05, 0.1) is 18.0 Å². The van der Waals surface area contributed by atoms with Crippen LogP contribution in [0.2, 0.25) is 0 Å². The summed E-state index contributed by atoms with van der Waals surface area (Å²) >= 11 is 0. The highest BCUT2D eigenvalue weighted by Crippen LogP contribution is 2.22. The van der Waals surface area contributed by atoms with Crippen molar-refractivity contribution >= 4 is 21.6 Å². The highest BCUT2D eigenvalue weighted by molar-refractivity contribution is 7.92. The Bertz CT molecular complexity index is 833. The molecule has 6 heteroatoms. The SMILES string of the molecule is CCC(NC(=O)C(C)N(c1ccc(C)cc1)S(C)(=O)=O)c1ccccc1. The number of hydrogen-bond donors (Lipinski definition) is 1. The van der Waals surface area contributed by atoms with Crippen molar-refractivity contribution in [2.24, 2.45) is 0 Å². The zero-order chi connectivity index (χ0) is 19.3. The van der Waals surface area contributed by atoms with Gasteiger partial charge in [0, 0.05) is 0 Å². The van der Waals surface area contributed by atoms with Crippen molar-refractivity contribution in [2.45, 2.75) is 39.3 Å². The van der Waals surface area contributed by atoms with E-state index in [9.17, 15) is 13.2 Å². The smallest absolute Gasteiger partial charge is 0.244 e. The zero-order valence-corrected chi connectivity index (χ0v) is 16.5. The predicted octanol–water partition coefficient (Wildman–Crippen LogP) is 3.42. The topological polar surface area (TPSA) is 66.5 Å². The van der Waals surface area contributed by atoms with E-state index < -0.39 is 16.1 Å². The van der Waals surface area contributed by atoms with E-state index in [2.05, 4.69) is 5.32 Å². The second kappa shape index (κ2) is 8.36. The molecule has 0 saturated carbocycles. The molecule has 5 nitrogen and oxygen atoms in total. The van der Waals surface area contributed by atoms with Gasteiger partial charge in [0.1, 0.15) is 6.04 Å². The van der Waals surface area contributed by atoms with Gasteiger partial charge in [0.25, 0.3) is 0 Å². The maximum atomic E-state index is 12.8. The second-order valence-electron chi connectivity index (χ2n) is 6.45. The van der Waals surface area contributed by atoms with E-state index >= 15 is 0 Å². The minimum atomic E-state index is -3.61. The average molecular weight is 375 g/mol. The Balaban J connectivity index is 2.26. The molecule has 2 rings (SSSR count). The molecule has 0 aliphatic rings. The van der Waals surface area contributed by atoms with Gasteiger partial charge in [-0.15, -0.1) is 0 Å². The summed E-state index contributed by atoms with van der Waals surface area (Å²) in [6.45, 7) is 5.52. The molecule has 0 bridgehead atoms. The monoisotopic (exact) mass is 374 g/mol. The summed E-state index contributed by atoms with van der Waals surface area (Å²) in [5.74, 6) is -0.327. The molecule has 0 saturated heterocycles. The number of aryl methyl sites for hydroxylation is 1. The lowest BCUT2D eigenvalue weighted by molar-refractivity contribution is -0.122. The van der Waals surface area contributed by atoms with E-state index in [1.165, 1.54) is 4.31 Å². The Morgan fingerprint density at radius 2 is 1.65 bits per heavy atom. The molecule has 0 aliphatic carbocycles. The molecule has 140 valence electrons. The van der Waals surface area contributed by atoms with E-state index in [-0.39, 0.29) is 11.9 Å². The first-order chi connectivity index (χ1) is 12.2. The van der Waals surface area contributed by atoms with E-state index in [0.717, 1.165) is 17.4 Å². The summed E-state index contributed by atoms with van der Waals surface area (Å²) in [6, 6.07) is 15.7. The molecular weight excluding hydrogens is 348 g/mol. The predicted molar refractivity (Wildman–Crippen MR) is 106 cm³/mol. The number of nitrogens with zero attached hydrogens (tertiary/aromatic N) is 1. The Labute approximate surface area is 156 Å². The first kappa shape index (κ1) is 20.0. The normalized spacial score (nSPS) is 13.7. The molecule has 2 aromatic carbocycles.